The van der Waals surface area contributed by atoms with Gasteiger partial charge in [-0.05, 0) is 60.7 Å². The minimum absolute atomic E-state index is 0.372. The van der Waals surface area contributed by atoms with Gasteiger partial charge < -0.3 is 4.57 Å². The average Bonchev–Trinajstić information content (AvgIpc) is 3.42. The van der Waals surface area contributed by atoms with Crippen LogP contribution >= 0.6 is 0 Å². The van der Waals surface area contributed by atoms with E-state index in [9.17, 15) is 5.26 Å². The van der Waals surface area contributed by atoms with Crippen molar-refractivity contribution >= 4 is 16.3 Å². The molecule has 0 unspecified atom stereocenters. The number of nitriles is 1. The highest BCUT2D eigenvalue weighted by Crippen LogP contribution is 2.48. The van der Waals surface area contributed by atoms with Crippen LogP contribution in [0.1, 0.15) is 29.3 Å². The van der Waals surface area contributed by atoms with Crippen molar-refractivity contribution in [1.29, 1.82) is 5.26 Å². The summed E-state index contributed by atoms with van der Waals surface area (Å²) >= 11 is 0. The van der Waals surface area contributed by atoms with Crippen LogP contribution in [0.15, 0.2) is 140 Å². The average molecular weight is 568 g/mol. The van der Waals surface area contributed by atoms with Gasteiger partial charge in [0.25, 0.3) is 0 Å². The number of fused-ring (bicyclic) bond motifs is 1. The molecule has 3 nitrogen and oxygen atoms in total. The van der Waals surface area contributed by atoms with E-state index in [-0.39, 0.29) is 0 Å². The number of aryl methyl sites for hydroxylation is 2. The molecule has 2 aromatic heterocycles. The highest BCUT2D eigenvalue weighted by Gasteiger charge is 2.29. The Balaban J connectivity index is 1.99. The fourth-order valence-electron chi connectivity index (χ4n) is 5.95. The summed E-state index contributed by atoms with van der Waals surface area (Å²) in [7, 11) is 0. The standard InChI is InChI=1S/C41H33N3/c1-5-16-30(17-6-2)36-35(27-42)43-39(31-18-10-7-11-19-31)38-37(36)40(32-20-12-8-13-21-32)44(34-25-24-28(3)29(4)26-34)41(38)33-22-14-9-15-23-33/h5-26H,1H2,2-4H3/b17-6-,30-16+. The molecule has 0 fully saturated rings. The van der Waals surface area contributed by atoms with Gasteiger partial charge >= 0.3 is 0 Å². The number of pyridine rings is 1. The van der Waals surface area contributed by atoms with E-state index in [0.29, 0.717) is 5.69 Å². The van der Waals surface area contributed by atoms with E-state index in [2.05, 4.69) is 110 Å². The Kier molecular flexibility index (Phi) is 7.91. The fourth-order valence-corrected chi connectivity index (χ4v) is 5.95. The lowest BCUT2D eigenvalue weighted by Gasteiger charge is -2.16. The summed E-state index contributed by atoms with van der Waals surface area (Å²) in [4.78, 5) is 5.15. The van der Waals surface area contributed by atoms with Crippen LogP contribution in [-0.4, -0.2) is 9.55 Å². The van der Waals surface area contributed by atoms with E-state index < -0.39 is 0 Å². The molecule has 0 aliphatic rings. The maximum absolute atomic E-state index is 10.7. The molecule has 212 valence electrons. The molecule has 0 radical (unpaired) electrons. The highest BCUT2D eigenvalue weighted by atomic mass is 15.0. The van der Waals surface area contributed by atoms with E-state index >= 15 is 0 Å². The lowest BCUT2D eigenvalue weighted by atomic mass is 9.91. The quantitative estimate of drug-likeness (QED) is 0.180. The maximum Gasteiger partial charge on any atom is 0.149 e. The molecule has 6 aromatic rings. The Morgan fingerprint density at radius 3 is 1.84 bits per heavy atom. The molecule has 0 aliphatic heterocycles. The van der Waals surface area contributed by atoms with Gasteiger partial charge in [0.2, 0.25) is 0 Å². The van der Waals surface area contributed by atoms with Crippen molar-refractivity contribution in [2.24, 2.45) is 0 Å². The topological polar surface area (TPSA) is 41.6 Å². The number of benzene rings is 4. The van der Waals surface area contributed by atoms with Gasteiger partial charge in [0.1, 0.15) is 11.8 Å². The molecule has 6 rings (SSSR count). The molecule has 0 saturated carbocycles. The van der Waals surface area contributed by atoms with Gasteiger partial charge in [-0.1, -0.05) is 128 Å². The van der Waals surface area contributed by atoms with Crippen molar-refractivity contribution in [2.45, 2.75) is 20.8 Å². The number of hydrogen-bond acceptors (Lipinski definition) is 2. The lowest BCUT2D eigenvalue weighted by Crippen LogP contribution is -2.01. The third-order valence-corrected chi connectivity index (χ3v) is 8.05. The molecule has 0 aliphatic carbocycles. The zero-order valence-corrected chi connectivity index (χ0v) is 25.3. The third-order valence-electron chi connectivity index (χ3n) is 8.05. The summed E-state index contributed by atoms with van der Waals surface area (Å²) in [6.07, 6.45) is 7.76. The monoisotopic (exact) mass is 567 g/mol. The van der Waals surface area contributed by atoms with Gasteiger partial charge in [-0.15, -0.1) is 0 Å². The van der Waals surface area contributed by atoms with Crippen LogP contribution in [-0.2, 0) is 0 Å². The van der Waals surface area contributed by atoms with E-state index in [4.69, 9.17) is 4.98 Å². The predicted molar refractivity (Wildman–Crippen MR) is 185 cm³/mol. The van der Waals surface area contributed by atoms with Crippen molar-refractivity contribution < 1.29 is 0 Å². The van der Waals surface area contributed by atoms with Gasteiger partial charge in [-0.25, -0.2) is 4.98 Å². The van der Waals surface area contributed by atoms with Crippen molar-refractivity contribution in [3.8, 4) is 45.5 Å². The van der Waals surface area contributed by atoms with Crippen LogP contribution in [0.3, 0.4) is 0 Å². The number of nitrogens with zero attached hydrogens (tertiary/aromatic N) is 3. The van der Waals surface area contributed by atoms with Crippen LogP contribution in [0, 0.1) is 25.2 Å². The van der Waals surface area contributed by atoms with Crippen LogP contribution in [0.25, 0.3) is 55.8 Å². The number of rotatable bonds is 7. The molecule has 2 heterocycles. The number of hydrogen-bond donors (Lipinski definition) is 0. The molecule has 3 heteroatoms. The van der Waals surface area contributed by atoms with Crippen molar-refractivity contribution in [2.75, 3.05) is 0 Å². The van der Waals surface area contributed by atoms with E-state index in [1.54, 1.807) is 6.08 Å². The second-order valence-corrected chi connectivity index (χ2v) is 10.8. The zero-order chi connectivity index (χ0) is 30.6. The molecule has 0 N–H and O–H groups in total. The summed E-state index contributed by atoms with van der Waals surface area (Å²) in [5, 5.41) is 12.6. The molecule has 0 amide bonds. The van der Waals surface area contributed by atoms with E-state index in [1.807, 2.05) is 55.5 Å². The SMILES string of the molecule is C=C/C=C(\C=C/C)c1c(C#N)nc(-c2ccccc2)c2c(-c3ccccc3)n(-c3ccc(C)c(C)c3)c(-c3ccccc3)c12. The van der Waals surface area contributed by atoms with Crippen LogP contribution in [0.2, 0.25) is 0 Å². The molecule has 0 bridgehead atoms. The highest BCUT2D eigenvalue weighted by molar-refractivity contribution is 6.17. The molecule has 0 atom stereocenters. The molecule has 4 aromatic carbocycles. The zero-order valence-electron chi connectivity index (χ0n) is 25.3. The Bertz CT molecular complexity index is 2090. The molecule has 0 spiro atoms. The molecular formula is C41H33N3. The predicted octanol–water partition coefficient (Wildman–Crippen LogP) is 10.7. The normalized spacial score (nSPS) is 11.6. The second kappa shape index (κ2) is 12.3. The number of aromatic nitrogens is 2. The Hall–Kier alpha value is -5.72. The van der Waals surface area contributed by atoms with Crippen molar-refractivity contribution in [3.05, 3.63) is 162 Å². The largest absolute Gasteiger partial charge is 0.308 e. The number of allylic oxidation sites excluding steroid dienone is 5. The first-order valence-corrected chi connectivity index (χ1v) is 14.8. The van der Waals surface area contributed by atoms with Gasteiger partial charge in [0.15, 0.2) is 0 Å². The van der Waals surface area contributed by atoms with Gasteiger partial charge in [0, 0.05) is 27.6 Å². The van der Waals surface area contributed by atoms with Gasteiger partial charge in [-0.3, -0.25) is 0 Å². The molecule has 0 saturated heterocycles. The maximum atomic E-state index is 10.7. The Morgan fingerprint density at radius 2 is 1.32 bits per heavy atom. The van der Waals surface area contributed by atoms with Gasteiger partial charge in [-0.2, -0.15) is 5.26 Å². The minimum atomic E-state index is 0.372. The lowest BCUT2D eigenvalue weighted by molar-refractivity contribution is 1.09. The first-order valence-electron chi connectivity index (χ1n) is 14.8. The molecular weight excluding hydrogens is 534 g/mol. The third kappa shape index (κ3) is 4.97. The van der Waals surface area contributed by atoms with E-state index in [0.717, 1.165) is 61.4 Å². The Labute approximate surface area is 259 Å². The smallest absolute Gasteiger partial charge is 0.149 e. The van der Waals surface area contributed by atoms with Crippen LogP contribution < -0.4 is 0 Å². The van der Waals surface area contributed by atoms with Crippen molar-refractivity contribution in [3.63, 3.8) is 0 Å². The summed E-state index contributed by atoms with van der Waals surface area (Å²) in [5.41, 5.74) is 11.4. The van der Waals surface area contributed by atoms with Crippen molar-refractivity contribution in [1.82, 2.24) is 9.55 Å². The minimum Gasteiger partial charge on any atom is -0.308 e. The second-order valence-electron chi connectivity index (χ2n) is 10.8. The first kappa shape index (κ1) is 28.4. The summed E-state index contributed by atoms with van der Waals surface area (Å²) in [6.45, 7) is 10.3. The molecule has 44 heavy (non-hydrogen) atoms. The fraction of sp³-hybridized carbons (Fsp3) is 0.0732. The Morgan fingerprint density at radius 1 is 0.750 bits per heavy atom. The summed E-state index contributed by atoms with van der Waals surface area (Å²) in [5.74, 6) is 0. The van der Waals surface area contributed by atoms with Gasteiger partial charge in [0.05, 0.1) is 17.1 Å². The summed E-state index contributed by atoms with van der Waals surface area (Å²) in [6, 6.07) is 40.2. The van der Waals surface area contributed by atoms with Crippen LogP contribution in [0.4, 0.5) is 0 Å². The summed E-state index contributed by atoms with van der Waals surface area (Å²) < 4.78 is 2.36. The first-order chi connectivity index (χ1) is 21.6. The van der Waals surface area contributed by atoms with Crippen LogP contribution in [0.5, 0.6) is 0 Å². The van der Waals surface area contributed by atoms with E-state index in [1.165, 1.54) is 11.1 Å².